The van der Waals surface area contributed by atoms with Gasteiger partial charge in [-0.2, -0.15) is 0 Å². The Morgan fingerprint density at radius 1 is 1.06 bits per heavy atom. The van der Waals surface area contributed by atoms with Gasteiger partial charge in [-0.15, -0.1) is 0 Å². The van der Waals surface area contributed by atoms with Crippen LogP contribution >= 0.6 is 38.5 Å². The van der Waals surface area contributed by atoms with Crippen LogP contribution in [-0.2, 0) is 0 Å². The summed E-state index contributed by atoms with van der Waals surface area (Å²) in [5.41, 5.74) is 4.30. The van der Waals surface area contributed by atoms with Crippen molar-refractivity contribution in [2.24, 2.45) is 0 Å². The van der Waals surface area contributed by atoms with Gasteiger partial charge in [-0.05, 0) is 83.0 Å². The van der Waals surface area contributed by atoms with Crippen LogP contribution in [0, 0.1) is 23.2 Å². The van der Waals surface area contributed by atoms with E-state index in [4.69, 9.17) is 0 Å². The molecule has 0 heterocycles. The summed E-state index contributed by atoms with van der Waals surface area (Å²) < 4.78 is 14.5. The predicted octanol–water partition coefficient (Wildman–Crippen LogP) is 5.53. The summed E-state index contributed by atoms with van der Waals surface area (Å²) in [6.07, 6.45) is 0. The van der Waals surface area contributed by atoms with Gasteiger partial charge in [0.05, 0.1) is 4.83 Å². The Morgan fingerprint density at radius 2 is 1.56 bits per heavy atom. The molecule has 1 atom stereocenters. The molecule has 0 saturated carbocycles. The molecule has 2 aromatic carbocycles. The summed E-state index contributed by atoms with van der Waals surface area (Å²) in [6, 6.07) is 11.5. The molecule has 0 saturated heterocycles. The Labute approximate surface area is 129 Å². The number of benzene rings is 2. The van der Waals surface area contributed by atoms with Crippen LogP contribution in [-0.4, -0.2) is 0 Å². The fraction of sp³-hybridized carbons (Fsp3) is 0.200. The summed E-state index contributed by atoms with van der Waals surface area (Å²) in [6.45, 7) is 3.90. The zero-order valence-electron chi connectivity index (χ0n) is 10.2. The van der Waals surface area contributed by atoms with E-state index in [1.54, 1.807) is 12.1 Å². The molecule has 0 aromatic heterocycles. The van der Waals surface area contributed by atoms with Gasteiger partial charge >= 0.3 is 0 Å². The molecule has 18 heavy (non-hydrogen) atoms. The first-order valence-corrected chi connectivity index (χ1v) is 7.64. The maximum absolute atomic E-state index is 13.3. The molecule has 0 radical (unpaired) electrons. The van der Waals surface area contributed by atoms with E-state index in [0.717, 1.165) is 16.7 Å². The van der Waals surface area contributed by atoms with Crippen molar-refractivity contribution < 1.29 is 4.39 Å². The van der Waals surface area contributed by atoms with Gasteiger partial charge in [0.25, 0.3) is 0 Å². The van der Waals surface area contributed by atoms with Gasteiger partial charge in [0.15, 0.2) is 0 Å². The van der Waals surface area contributed by atoms with Crippen LogP contribution in [0.2, 0.25) is 0 Å². The van der Waals surface area contributed by atoms with Gasteiger partial charge in [0.2, 0.25) is 0 Å². The lowest BCUT2D eigenvalue weighted by Crippen LogP contribution is -2.00. The van der Waals surface area contributed by atoms with E-state index in [1.165, 1.54) is 9.13 Å². The molecule has 0 fully saturated rings. The lowest BCUT2D eigenvalue weighted by Gasteiger charge is -2.17. The highest BCUT2D eigenvalue weighted by atomic mass is 127. The van der Waals surface area contributed by atoms with Crippen molar-refractivity contribution in [3.8, 4) is 0 Å². The largest absolute Gasteiger partial charge is 0.207 e. The van der Waals surface area contributed by atoms with E-state index in [0.29, 0.717) is 0 Å². The Bertz CT molecular complexity index is 540. The highest BCUT2D eigenvalue weighted by Crippen LogP contribution is 2.35. The number of hydrogen-bond donors (Lipinski definition) is 0. The monoisotopic (exact) mass is 418 g/mol. The van der Waals surface area contributed by atoms with Crippen molar-refractivity contribution in [2.45, 2.75) is 18.7 Å². The first-order chi connectivity index (χ1) is 8.49. The maximum atomic E-state index is 13.3. The van der Waals surface area contributed by atoms with Crippen LogP contribution in [0.25, 0.3) is 0 Å². The quantitative estimate of drug-likeness (QED) is 0.444. The molecule has 1 unspecified atom stereocenters. The number of aryl methyl sites for hydroxylation is 2. The summed E-state index contributed by atoms with van der Waals surface area (Å²) in [5, 5.41) is 0. The number of halogens is 3. The molecule has 0 aliphatic heterocycles. The average Bonchev–Trinajstić information content (AvgIpc) is 2.28. The zero-order valence-corrected chi connectivity index (χ0v) is 13.9. The van der Waals surface area contributed by atoms with E-state index < -0.39 is 0 Å². The normalized spacial score (nSPS) is 12.5. The second-order valence-corrected chi connectivity index (χ2v) is 6.53. The molecule has 0 nitrogen and oxygen atoms in total. The molecule has 2 rings (SSSR count). The second-order valence-electron chi connectivity index (χ2n) is 4.37. The lowest BCUT2D eigenvalue weighted by atomic mass is 9.96. The van der Waals surface area contributed by atoms with Crippen LogP contribution in [0.3, 0.4) is 0 Å². The molecule has 0 bridgehead atoms. The average molecular weight is 419 g/mol. The number of rotatable bonds is 2. The fourth-order valence-corrected chi connectivity index (χ4v) is 3.51. The van der Waals surface area contributed by atoms with E-state index in [2.05, 4.69) is 62.8 Å². The molecule has 0 spiro atoms. The third-order valence-corrected chi connectivity index (χ3v) is 4.68. The van der Waals surface area contributed by atoms with Crippen molar-refractivity contribution in [2.75, 3.05) is 0 Å². The lowest BCUT2D eigenvalue weighted by molar-refractivity contribution is 0.624. The van der Waals surface area contributed by atoms with Crippen LogP contribution in [0.15, 0.2) is 36.4 Å². The first kappa shape index (κ1) is 14.0. The highest BCUT2D eigenvalue weighted by Gasteiger charge is 2.16. The summed E-state index contributed by atoms with van der Waals surface area (Å²) in [4.78, 5) is 0.107. The molecular weight excluding hydrogens is 406 g/mol. The minimum atomic E-state index is -0.170. The standard InChI is InChI=1S/C15H13BrFI/c1-9-7-12(17)8-10(2)14(9)15(16)11-3-5-13(18)6-4-11/h3-8,15H,1-2H3. The van der Waals surface area contributed by atoms with Crippen molar-refractivity contribution in [3.63, 3.8) is 0 Å². The Morgan fingerprint density at radius 3 is 2.06 bits per heavy atom. The highest BCUT2D eigenvalue weighted by molar-refractivity contribution is 14.1. The molecule has 2 aromatic rings. The van der Waals surface area contributed by atoms with Crippen LogP contribution in [0.5, 0.6) is 0 Å². The van der Waals surface area contributed by atoms with Crippen molar-refractivity contribution in [3.05, 3.63) is 68.0 Å². The van der Waals surface area contributed by atoms with Gasteiger partial charge in [0.1, 0.15) is 5.82 Å². The molecule has 0 aliphatic carbocycles. The van der Waals surface area contributed by atoms with Crippen molar-refractivity contribution >= 4 is 38.5 Å². The fourth-order valence-electron chi connectivity index (χ4n) is 2.12. The summed E-state index contributed by atoms with van der Waals surface area (Å²) >= 11 is 6.01. The number of hydrogen-bond acceptors (Lipinski definition) is 0. The Hall–Kier alpha value is -0.420. The molecule has 0 aliphatic rings. The molecule has 0 N–H and O–H groups in total. The van der Waals surface area contributed by atoms with Crippen LogP contribution in [0.4, 0.5) is 4.39 Å². The molecule has 94 valence electrons. The second kappa shape index (κ2) is 5.70. The predicted molar refractivity (Wildman–Crippen MR) is 85.8 cm³/mol. The minimum absolute atomic E-state index is 0.107. The number of alkyl halides is 1. The third-order valence-electron chi connectivity index (χ3n) is 2.97. The van der Waals surface area contributed by atoms with E-state index >= 15 is 0 Å². The first-order valence-electron chi connectivity index (χ1n) is 5.65. The SMILES string of the molecule is Cc1cc(F)cc(C)c1C(Br)c1ccc(I)cc1. The molecule has 0 amide bonds. The summed E-state index contributed by atoms with van der Waals surface area (Å²) in [5.74, 6) is -0.170. The molecule has 3 heteroatoms. The van der Waals surface area contributed by atoms with E-state index in [-0.39, 0.29) is 10.6 Å². The smallest absolute Gasteiger partial charge is 0.123 e. The van der Waals surface area contributed by atoms with Gasteiger partial charge in [-0.1, -0.05) is 28.1 Å². The van der Waals surface area contributed by atoms with Gasteiger partial charge in [0, 0.05) is 3.57 Å². The zero-order chi connectivity index (χ0) is 13.3. The Balaban J connectivity index is 2.46. The topological polar surface area (TPSA) is 0 Å². The maximum Gasteiger partial charge on any atom is 0.123 e. The third kappa shape index (κ3) is 2.94. The van der Waals surface area contributed by atoms with E-state index in [9.17, 15) is 4.39 Å². The molecular formula is C15H13BrFI. The van der Waals surface area contributed by atoms with Crippen LogP contribution < -0.4 is 0 Å². The summed E-state index contributed by atoms with van der Waals surface area (Å²) in [7, 11) is 0. The van der Waals surface area contributed by atoms with Gasteiger partial charge in [-0.3, -0.25) is 0 Å². The van der Waals surface area contributed by atoms with Crippen molar-refractivity contribution in [1.29, 1.82) is 0 Å². The minimum Gasteiger partial charge on any atom is -0.207 e. The van der Waals surface area contributed by atoms with Gasteiger partial charge < -0.3 is 0 Å². The van der Waals surface area contributed by atoms with Gasteiger partial charge in [-0.25, -0.2) is 4.39 Å². The van der Waals surface area contributed by atoms with Crippen molar-refractivity contribution in [1.82, 2.24) is 0 Å². The van der Waals surface area contributed by atoms with E-state index in [1.807, 2.05) is 13.8 Å². The Kier molecular flexibility index (Phi) is 4.43. The van der Waals surface area contributed by atoms with Crippen LogP contribution in [0.1, 0.15) is 27.1 Å².